The Morgan fingerprint density at radius 1 is 1.08 bits per heavy atom. The molecule has 0 aromatic heterocycles. The topological polar surface area (TPSA) is 30.9 Å². The summed E-state index contributed by atoms with van der Waals surface area (Å²) in [5.41, 5.74) is 1.05. The van der Waals surface area contributed by atoms with Crippen LogP contribution < -0.4 is 5.46 Å². The zero-order chi connectivity index (χ0) is 19.2. The van der Waals surface area contributed by atoms with Crippen LogP contribution in [0.5, 0.6) is 0 Å². The molecule has 4 nitrogen and oxygen atoms in total. The normalized spacial score (nSPS) is 26.3. The van der Waals surface area contributed by atoms with Crippen LogP contribution in [-0.2, 0) is 20.6 Å². The Hall–Kier alpha value is -1.09. The van der Waals surface area contributed by atoms with Crippen LogP contribution in [0.4, 0.5) is 13.2 Å². The Balaban J connectivity index is 1.62. The first-order chi connectivity index (χ1) is 12.0. The zero-order valence-corrected chi connectivity index (χ0v) is 15.6. The lowest BCUT2D eigenvalue weighted by Crippen LogP contribution is -2.48. The van der Waals surface area contributed by atoms with Crippen LogP contribution in [0.15, 0.2) is 24.3 Å². The van der Waals surface area contributed by atoms with Crippen molar-refractivity contribution in [3.8, 4) is 0 Å². The monoisotopic (exact) mass is 371 g/mol. The Morgan fingerprint density at radius 3 is 2.19 bits per heavy atom. The highest BCUT2D eigenvalue weighted by Crippen LogP contribution is 2.36. The summed E-state index contributed by atoms with van der Waals surface area (Å²) < 4.78 is 55.3. The van der Waals surface area contributed by atoms with Gasteiger partial charge in [-0.1, -0.05) is 24.3 Å². The van der Waals surface area contributed by atoms with Crippen molar-refractivity contribution in [1.29, 1.82) is 0 Å². The van der Waals surface area contributed by atoms with Gasteiger partial charge in [-0.15, -0.1) is 0 Å². The van der Waals surface area contributed by atoms with E-state index in [1.807, 2.05) is 52.0 Å². The van der Waals surface area contributed by atoms with E-state index in [0.29, 0.717) is 13.1 Å². The Kier molecular flexibility index (Phi) is 5.16. The second-order valence-electron chi connectivity index (χ2n) is 7.97. The lowest BCUT2D eigenvalue weighted by molar-refractivity contribution is -0.237. The van der Waals surface area contributed by atoms with E-state index in [1.165, 1.54) is 0 Å². The minimum Gasteiger partial charge on any atom is -0.399 e. The van der Waals surface area contributed by atoms with E-state index < -0.39 is 30.6 Å². The third kappa shape index (κ3) is 4.08. The summed E-state index contributed by atoms with van der Waals surface area (Å²) in [6, 6.07) is 7.66. The van der Waals surface area contributed by atoms with Crippen molar-refractivity contribution in [1.82, 2.24) is 4.90 Å². The van der Waals surface area contributed by atoms with E-state index in [0.717, 1.165) is 11.0 Å². The van der Waals surface area contributed by atoms with Gasteiger partial charge in [0.05, 0.1) is 17.8 Å². The van der Waals surface area contributed by atoms with Crippen molar-refractivity contribution >= 4 is 12.6 Å². The van der Waals surface area contributed by atoms with Crippen molar-refractivity contribution in [3.05, 3.63) is 29.8 Å². The summed E-state index contributed by atoms with van der Waals surface area (Å²) in [5.74, 6) is 0. The van der Waals surface area contributed by atoms with Crippen LogP contribution in [0.2, 0.25) is 0 Å². The molecule has 0 saturated carbocycles. The number of nitrogens with zero attached hydrogens (tertiary/aromatic N) is 1. The zero-order valence-electron chi connectivity index (χ0n) is 15.6. The maximum absolute atomic E-state index is 12.8. The highest BCUT2D eigenvalue weighted by atomic mass is 19.4. The van der Waals surface area contributed by atoms with Crippen LogP contribution in [-0.4, -0.2) is 55.2 Å². The van der Waals surface area contributed by atoms with Crippen molar-refractivity contribution in [2.24, 2.45) is 0 Å². The van der Waals surface area contributed by atoms with Gasteiger partial charge in [-0.05, 0) is 38.7 Å². The summed E-state index contributed by atoms with van der Waals surface area (Å²) in [7, 11) is -0.438. The van der Waals surface area contributed by atoms with Crippen molar-refractivity contribution in [2.75, 3.05) is 19.7 Å². The largest absolute Gasteiger partial charge is 0.494 e. The van der Waals surface area contributed by atoms with Gasteiger partial charge in [0.1, 0.15) is 0 Å². The third-order valence-electron chi connectivity index (χ3n) is 5.43. The molecular weight excluding hydrogens is 346 g/mol. The average Bonchev–Trinajstić information content (AvgIpc) is 2.75. The maximum atomic E-state index is 12.8. The number of rotatable bonds is 3. The molecule has 2 saturated heterocycles. The molecule has 0 unspecified atom stereocenters. The van der Waals surface area contributed by atoms with E-state index in [4.69, 9.17) is 14.0 Å². The summed E-state index contributed by atoms with van der Waals surface area (Å²) >= 11 is 0. The van der Waals surface area contributed by atoms with Gasteiger partial charge in [0.15, 0.2) is 6.10 Å². The van der Waals surface area contributed by atoms with Gasteiger partial charge in [0.2, 0.25) is 0 Å². The molecule has 1 atom stereocenters. The minimum absolute atomic E-state index is 0.0934. The first-order valence-corrected chi connectivity index (χ1v) is 8.83. The van der Waals surface area contributed by atoms with Crippen molar-refractivity contribution in [2.45, 2.75) is 57.7 Å². The van der Waals surface area contributed by atoms with Crippen molar-refractivity contribution < 1.29 is 27.2 Å². The van der Waals surface area contributed by atoms with Gasteiger partial charge in [-0.2, -0.15) is 13.2 Å². The van der Waals surface area contributed by atoms with Crippen LogP contribution in [0.25, 0.3) is 0 Å². The summed E-state index contributed by atoms with van der Waals surface area (Å²) in [5, 5.41) is 0. The Bertz CT molecular complexity index is 618. The number of ether oxygens (including phenoxy) is 1. The highest BCUT2D eigenvalue weighted by Gasteiger charge is 2.51. The molecule has 0 aliphatic carbocycles. The van der Waals surface area contributed by atoms with Crippen molar-refractivity contribution in [3.63, 3.8) is 0 Å². The standard InChI is InChI=1S/C18H25BF3NO3/c1-16(2)17(3,4)26-19(25-16)14-7-5-13(6-8-14)11-23-9-10-24-15(12-23)18(20,21)22/h5-8,15H,9-12H2,1-4H3/t15-/m0/s1. The van der Waals surface area contributed by atoms with Gasteiger partial charge in [0.25, 0.3) is 0 Å². The molecule has 3 rings (SSSR count). The number of hydrogen-bond donors (Lipinski definition) is 0. The molecular formula is C18H25BF3NO3. The van der Waals surface area contributed by atoms with E-state index in [-0.39, 0.29) is 13.2 Å². The summed E-state index contributed by atoms with van der Waals surface area (Å²) in [6.45, 7) is 8.89. The SMILES string of the molecule is CC1(C)OB(c2ccc(CN3CCO[C@H](C(F)(F)F)C3)cc2)OC1(C)C. The number of morpholine rings is 1. The first-order valence-electron chi connectivity index (χ1n) is 8.83. The maximum Gasteiger partial charge on any atom is 0.494 e. The van der Waals surface area contributed by atoms with Crippen LogP contribution >= 0.6 is 0 Å². The third-order valence-corrected chi connectivity index (χ3v) is 5.43. The molecule has 2 heterocycles. The molecule has 0 N–H and O–H groups in total. The molecule has 0 amide bonds. The molecule has 2 aliphatic heterocycles. The molecule has 144 valence electrons. The number of halogens is 3. The Morgan fingerprint density at radius 2 is 1.65 bits per heavy atom. The van der Waals surface area contributed by atoms with E-state index in [1.54, 1.807) is 4.90 Å². The summed E-state index contributed by atoms with van der Waals surface area (Å²) in [4.78, 5) is 1.77. The lowest BCUT2D eigenvalue weighted by Gasteiger charge is -2.33. The quantitative estimate of drug-likeness (QED) is 0.765. The molecule has 0 spiro atoms. The van der Waals surface area contributed by atoms with Gasteiger partial charge in [0, 0.05) is 19.6 Å². The lowest BCUT2D eigenvalue weighted by atomic mass is 9.79. The first kappa shape index (κ1) is 19.7. The van der Waals surface area contributed by atoms with Gasteiger partial charge in [-0.25, -0.2) is 0 Å². The van der Waals surface area contributed by atoms with Gasteiger partial charge in [-0.3, -0.25) is 4.90 Å². The average molecular weight is 371 g/mol. The van der Waals surface area contributed by atoms with Gasteiger partial charge >= 0.3 is 13.3 Å². The predicted molar refractivity (Wildman–Crippen MR) is 93.2 cm³/mol. The fraction of sp³-hybridized carbons (Fsp3) is 0.667. The fourth-order valence-corrected chi connectivity index (χ4v) is 3.06. The molecule has 0 radical (unpaired) electrons. The number of benzene rings is 1. The molecule has 1 aromatic rings. The fourth-order valence-electron chi connectivity index (χ4n) is 3.06. The highest BCUT2D eigenvalue weighted by molar-refractivity contribution is 6.62. The number of hydrogen-bond acceptors (Lipinski definition) is 4. The molecule has 2 fully saturated rings. The second-order valence-corrected chi connectivity index (χ2v) is 7.97. The van der Waals surface area contributed by atoms with E-state index in [9.17, 15) is 13.2 Å². The summed E-state index contributed by atoms with van der Waals surface area (Å²) in [6.07, 6.45) is -6.03. The second kappa shape index (κ2) is 6.82. The predicted octanol–water partition coefficient (Wildman–Crippen LogP) is 2.75. The smallest absolute Gasteiger partial charge is 0.399 e. The number of alkyl halides is 3. The molecule has 26 heavy (non-hydrogen) atoms. The van der Waals surface area contributed by atoms with Crippen LogP contribution in [0, 0.1) is 0 Å². The molecule has 1 aromatic carbocycles. The van der Waals surface area contributed by atoms with Gasteiger partial charge < -0.3 is 14.0 Å². The van der Waals surface area contributed by atoms with E-state index >= 15 is 0 Å². The van der Waals surface area contributed by atoms with Crippen LogP contribution in [0.1, 0.15) is 33.3 Å². The molecule has 2 aliphatic rings. The van der Waals surface area contributed by atoms with E-state index in [2.05, 4.69) is 0 Å². The minimum atomic E-state index is -4.32. The Labute approximate surface area is 152 Å². The molecule has 0 bridgehead atoms. The molecule has 8 heteroatoms. The van der Waals surface area contributed by atoms with Crippen LogP contribution in [0.3, 0.4) is 0 Å².